The first-order chi connectivity index (χ1) is 19.9. The van der Waals surface area contributed by atoms with Gasteiger partial charge in [-0.25, -0.2) is 4.68 Å². The summed E-state index contributed by atoms with van der Waals surface area (Å²) in [5, 5.41) is 14.7. The lowest BCUT2D eigenvalue weighted by Crippen LogP contribution is -2.49. The Bertz CT molecular complexity index is 1740. The smallest absolute Gasteiger partial charge is 0.253 e. The van der Waals surface area contributed by atoms with Crippen LogP contribution < -0.4 is 10.5 Å². The molecule has 1 aliphatic rings. The summed E-state index contributed by atoms with van der Waals surface area (Å²) in [5.74, 6) is 0.683. The predicted octanol–water partition coefficient (Wildman–Crippen LogP) is 5.25. The maximum atomic E-state index is 13.7. The highest BCUT2D eigenvalue weighted by Gasteiger charge is 2.33. The van der Waals surface area contributed by atoms with Crippen molar-refractivity contribution in [2.75, 3.05) is 31.1 Å². The van der Waals surface area contributed by atoms with E-state index < -0.39 is 6.04 Å². The highest BCUT2D eigenvalue weighted by molar-refractivity contribution is 6.30. The van der Waals surface area contributed by atoms with Crippen LogP contribution >= 0.6 is 11.6 Å². The maximum Gasteiger partial charge on any atom is 0.253 e. The monoisotopic (exact) mass is 567 g/mol. The van der Waals surface area contributed by atoms with Gasteiger partial charge >= 0.3 is 0 Å². The van der Waals surface area contributed by atoms with Gasteiger partial charge in [0.15, 0.2) is 5.82 Å². The standard InChI is InChI=1S/C32H34ClN7O/c1-21-17-23(3)26-20-27(32(41)34-28(26)18-21)30(31-35-36-37-40(31)12-11-24-7-5-4-6-8-24)39-15-13-38(14-16-39)29-19-25(33)10-9-22(29)2/h4-10,17-20,30H,11-16H2,1-3H3,(H,34,41)/t30-/m0/s1. The third-order valence-corrected chi connectivity index (χ3v) is 8.32. The van der Waals surface area contributed by atoms with Crippen molar-refractivity contribution in [3.8, 4) is 0 Å². The number of pyridine rings is 1. The second-order valence-electron chi connectivity index (χ2n) is 10.9. The molecule has 3 aromatic carbocycles. The van der Waals surface area contributed by atoms with Gasteiger partial charge in [0.05, 0.1) is 0 Å². The van der Waals surface area contributed by atoms with E-state index in [1.807, 2.05) is 54.1 Å². The van der Waals surface area contributed by atoms with E-state index in [9.17, 15) is 4.79 Å². The largest absolute Gasteiger partial charge is 0.369 e. The lowest BCUT2D eigenvalue weighted by molar-refractivity contribution is 0.199. The Morgan fingerprint density at radius 3 is 2.49 bits per heavy atom. The summed E-state index contributed by atoms with van der Waals surface area (Å²) in [6.45, 7) is 9.94. The topological polar surface area (TPSA) is 82.9 Å². The van der Waals surface area contributed by atoms with Gasteiger partial charge in [0.1, 0.15) is 6.04 Å². The molecule has 5 aromatic rings. The van der Waals surface area contributed by atoms with Crippen LogP contribution in [0.15, 0.2) is 71.5 Å². The van der Waals surface area contributed by atoms with Crippen LogP contribution in [0.1, 0.15) is 39.7 Å². The van der Waals surface area contributed by atoms with Crippen molar-refractivity contribution in [2.45, 2.75) is 39.8 Å². The van der Waals surface area contributed by atoms with Gasteiger partial charge in [0, 0.05) is 59.9 Å². The number of aromatic nitrogens is 5. The third-order valence-electron chi connectivity index (χ3n) is 8.09. The number of anilines is 1. The van der Waals surface area contributed by atoms with Gasteiger partial charge in [0.25, 0.3) is 5.56 Å². The Labute approximate surface area is 244 Å². The van der Waals surface area contributed by atoms with E-state index >= 15 is 0 Å². The molecule has 1 atom stereocenters. The van der Waals surface area contributed by atoms with Crippen molar-refractivity contribution in [1.82, 2.24) is 30.1 Å². The summed E-state index contributed by atoms with van der Waals surface area (Å²) in [4.78, 5) is 21.6. The van der Waals surface area contributed by atoms with Crippen molar-refractivity contribution in [3.63, 3.8) is 0 Å². The maximum absolute atomic E-state index is 13.7. The number of halogens is 1. The Morgan fingerprint density at radius 1 is 0.927 bits per heavy atom. The van der Waals surface area contributed by atoms with Gasteiger partial charge in [-0.3, -0.25) is 9.69 Å². The Morgan fingerprint density at radius 2 is 1.71 bits per heavy atom. The summed E-state index contributed by atoms with van der Waals surface area (Å²) < 4.78 is 1.86. The first-order valence-electron chi connectivity index (χ1n) is 14.1. The van der Waals surface area contributed by atoms with Crippen LogP contribution in [0.25, 0.3) is 10.9 Å². The normalized spacial score (nSPS) is 15.0. The molecule has 1 N–H and O–H groups in total. The summed E-state index contributed by atoms with van der Waals surface area (Å²) in [6, 6.07) is 22.2. The van der Waals surface area contributed by atoms with Crippen LogP contribution in [0.5, 0.6) is 0 Å². The molecule has 6 rings (SSSR count). The molecule has 8 nitrogen and oxygen atoms in total. The second kappa shape index (κ2) is 11.5. The number of benzene rings is 3. The predicted molar refractivity (Wildman–Crippen MR) is 164 cm³/mol. The molecule has 0 spiro atoms. The molecule has 0 amide bonds. The van der Waals surface area contributed by atoms with E-state index in [-0.39, 0.29) is 5.56 Å². The molecule has 0 aliphatic carbocycles. The average molecular weight is 568 g/mol. The van der Waals surface area contributed by atoms with Crippen LogP contribution in [0.2, 0.25) is 5.02 Å². The van der Waals surface area contributed by atoms with Crippen molar-refractivity contribution in [3.05, 3.63) is 116 Å². The number of H-pyrrole nitrogens is 1. The number of tetrazole rings is 1. The lowest BCUT2D eigenvalue weighted by atomic mass is 9.99. The van der Waals surface area contributed by atoms with Crippen molar-refractivity contribution in [1.29, 1.82) is 0 Å². The zero-order chi connectivity index (χ0) is 28.5. The number of piperazine rings is 1. The Kier molecular flexibility index (Phi) is 7.60. The van der Waals surface area contributed by atoms with E-state index in [0.717, 1.165) is 65.3 Å². The SMILES string of the molecule is Cc1cc(C)c2cc([C@@H](c3nnnn3CCc3ccccc3)N3CCN(c4cc(Cl)ccc4C)CC3)c(=O)[nH]c2c1. The van der Waals surface area contributed by atoms with Crippen molar-refractivity contribution >= 4 is 28.2 Å². The van der Waals surface area contributed by atoms with Gasteiger partial charge in [0.2, 0.25) is 0 Å². The minimum absolute atomic E-state index is 0.113. The molecule has 3 heterocycles. The fourth-order valence-corrected chi connectivity index (χ4v) is 6.15. The number of aromatic amines is 1. The highest BCUT2D eigenvalue weighted by Crippen LogP contribution is 2.31. The van der Waals surface area contributed by atoms with Crippen molar-refractivity contribution < 1.29 is 0 Å². The molecule has 1 saturated heterocycles. The second-order valence-corrected chi connectivity index (χ2v) is 11.4. The van der Waals surface area contributed by atoms with Crippen LogP contribution in [0, 0.1) is 20.8 Å². The van der Waals surface area contributed by atoms with Gasteiger partial charge < -0.3 is 9.88 Å². The summed E-state index contributed by atoms with van der Waals surface area (Å²) in [7, 11) is 0. The molecule has 0 radical (unpaired) electrons. The summed E-state index contributed by atoms with van der Waals surface area (Å²) in [5.41, 5.74) is 7.20. The zero-order valence-electron chi connectivity index (χ0n) is 23.6. The van der Waals surface area contributed by atoms with Crippen LogP contribution in [-0.4, -0.2) is 56.3 Å². The van der Waals surface area contributed by atoms with Gasteiger partial charge in [-0.05, 0) is 84.1 Å². The molecule has 9 heteroatoms. The number of aryl methyl sites for hydroxylation is 5. The minimum atomic E-state index is -0.391. The van der Waals surface area contributed by atoms with Crippen LogP contribution in [-0.2, 0) is 13.0 Å². The number of fused-ring (bicyclic) bond motifs is 1. The number of hydrogen-bond acceptors (Lipinski definition) is 6. The molecule has 41 heavy (non-hydrogen) atoms. The molecule has 210 valence electrons. The molecule has 1 fully saturated rings. The zero-order valence-corrected chi connectivity index (χ0v) is 24.4. The molecule has 0 saturated carbocycles. The summed E-state index contributed by atoms with van der Waals surface area (Å²) in [6.07, 6.45) is 0.792. The number of nitrogens with zero attached hydrogens (tertiary/aromatic N) is 6. The number of nitrogens with one attached hydrogen (secondary N) is 1. The van der Waals surface area contributed by atoms with E-state index in [1.165, 1.54) is 11.1 Å². The molecule has 0 bridgehead atoms. The van der Waals surface area contributed by atoms with E-state index in [1.54, 1.807) is 0 Å². The van der Waals surface area contributed by atoms with Crippen LogP contribution in [0.3, 0.4) is 0 Å². The highest BCUT2D eigenvalue weighted by atomic mass is 35.5. The molecular formula is C32H34ClN7O. The lowest BCUT2D eigenvalue weighted by Gasteiger charge is -2.40. The third kappa shape index (κ3) is 5.62. The Balaban J connectivity index is 1.37. The van der Waals surface area contributed by atoms with Gasteiger partial charge in [-0.15, -0.1) is 5.10 Å². The van der Waals surface area contributed by atoms with Gasteiger partial charge in [-0.1, -0.05) is 54.1 Å². The number of hydrogen-bond donors (Lipinski definition) is 1. The Hall–Kier alpha value is -4.01. The first kappa shape index (κ1) is 27.2. The van der Waals surface area contributed by atoms with Crippen LogP contribution in [0.4, 0.5) is 5.69 Å². The molecular weight excluding hydrogens is 534 g/mol. The average Bonchev–Trinajstić information content (AvgIpc) is 3.43. The van der Waals surface area contributed by atoms with Gasteiger partial charge in [-0.2, -0.15) is 0 Å². The molecule has 0 unspecified atom stereocenters. The van der Waals surface area contributed by atoms with E-state index in [2.05, 4.69) is 68.4 Å². The molecule has 1 aliphatic heterocycles. The van der Waals surface area contributed by atoms with Crippen molar-refractivity contribution in [2.24, 2.45) is 0 Å². The fourth-order valence-electron chi connectivity index (χ4n) is 5.98. The van der Waals surface area contributed by atoms with E-state index in [4.69, 9.17) is 11.6 Å². The first-order valence-corrected chi connectivity index (χ1v) is 14.4. The van der Waals surface area contributed by atoms with E-state index in [0.29, 0.717) is 17.9 Å². The fraction of sp³-hybridized carbons (Fsp3) is 0.312. The summed E-state index contributed by atoms with van der Waals surface area (Å²) >= 11 is 6.34. The number of rotatable bonds is 7. The quantitative estimate of drug-likeness (QED) is 0.289. The molecule has 2 aromatic heterocycles. The minimum Gasteiger partial charge on any atom is -0.369 e.